The monoisotopic (exact) mass is 274 g/mol. The van der Waals surface area contributed by atoms with E-state index in [-0.39, 0.29) is 11.7 Å². The minimum atomic E-state index is -0.358. The highest BCUT2D eigenvalue weighted by molar-refractivity contribution is 6.07. The van der Waals surface area contributed by atoms with E-state index < -0.39 is 0 Å². The van der Waals surface area contributed by atoms with Gasteiger partial charge in [0.25, 0.3) is 5.91 Å². The standard InChI is InChI=1S/C15H15FN2O2/c1-9-7-10(16)3-5-13(9)18-15(19)12-8-11(17)4-6-14(12)20-2/h3-8H,17H2,1-2H3,(H,18,19). The number of anilines is 2. The van der Waals surface area contributed by atoms with Crippen molar-refractivity contribution >= 4 is 17.3 Å². The molecule has 0 radical (unpaired) electrons. The van der Waals surface area contributed by atoms with E-state index in [2.05, 4.69) is 5.32 Å². The first-order valence-electron chi connectivity index (χ1n) is 6.02. The van der Waals surface area contributed by atoms with Crippen molar-refractivity contribution < 1.29 is 13.9 Å². The van der Waals surface area contributed by atoms with Crippen LogP contribution in [0.3, 0.4) is 0 Å². The molecule has 0 fully saturated rings. The number of nitrogens with two attached hydrogens (primary N) is 1. The third kappa shape index (κ3) is 2.88. The van der Waals surface area contributed by atoms with E-state index in [1.165, 1.54) is 31.4 Å². The van der Waals surface area contributed by atoms with Crippen molar-refractivity contribution in [3.63, 3.8) is 0 Å². The zero-order chi connectivity index (χ0) is 14.7. The lowest BCUT2D eigenvalue weighted by atomic mass is 10.1. The number of benzene rings is 2. The molecule has 0 aliphatic carbocycles. The van der Waals surface area contributed by atoms with Crippen LogP contribution >= 0.6 is 0 Å². The summed E-state index contributed by atoms with van der Waals surface area (Å²) in [6.45, 7) is 1.72. The normalized spacial score (nSPS) is 10.2. The molecule has 5 heteroatoms. The molecule has 1 amide bonds. The Morgan fingerprint density at radius 2 is 2.00 bits per heavy atom. The van der Waals surface area contributed by atoms with Gasteiger partial charge in [-0.05, 0) is 48.9 Å². The Bertz CT molecular complexity index is 656. The van der Waals surface area contributed by atoms with Gasteiger partial charge in [0.1, 0.15) is 11.6 Å². The van der Waals surface area contributed by atoms with Crippen molar-refractivity contribution in [3.8, 4) is 5.75 Å². The largest absolute Gasteiger partial charge is 0.496 e. The summed E-state index contributed by atoms with van der Waals surface area (Å²) >= 11 is 0. The molecule has 0 saturated heterocycles. The highest BCUT2D eigenvalue weighted by Gasteiger charge is 2.14. The number of ether oxygens (including phenoxy) is 1. The number of methoxy groups -OCH3 is 1. The Balaban J connectivity index is 2.30. The minimum absolute atomic E-state index is 0.330. The lowest BCUT2D eigenvalue weighted by Gasteiger charge is -2.11. The van der Waals surface area contributed by atoms with Gasteiger partial charge in [-0.25, -0.2) is 4.39 Å². The fourth-order valence-electron chi connectivity index (χ4n) is 1.86. The Labute approximate surface area is 116 Å². The van der Waals surface area contributed by atoms with Gasteiger partial charge in [-0.2, -0.15) is 0 Å². The lowest BCUT2D eigenvalue weighted by Crippen LogP contribution is -2.14. The molecule has 0 bridgehead atoms. The van der Waals surface area contributed by atoms with E-state index >= 15 is 0 Å². The molecule has 2 rings (SSSR count). The Hall–Kier alpha value is -2.56. The number of aryl methyl sites for hydroxylation is 1. The van der Waals surface area contributed by atoms with E-state index in [1.807, 2.05) is 0 Å². The summed E-state index contributed by atoms with van der Waals surface area (Å²) in [7, 11) is 1.48. The maximum absolute atomic E-state index is 13.0. The van der Waals surface area contributed by atoms with Crippen LogP contribution in [-0.4, -0.2) is 13.0 Å². The van der Waals surface area contributed by atoms with Crippen molar-refractivity contribution in [2.24, 2.45) is 0 Å². The van der Waals surface area contributed by atoms with Crippen LogP contribution in [0.25, 0.3) is 0 Å². The number of hydrogen-bond acceptors (Lipinski definition) is 3. The SMILES string of the molecule is COc1ccc(N)cc1C(=O)Nc1ccc(F)cc1C. The fraction of sp³-hybridized carbons (Fsp3) is 0.133. The minimum Gasteiger partial charge on any atom is -0.496 e. The van der Waals surface area contributed by atoms with Crippen molar-refractivity contribution in [1.82, 2.24) is 0 Å². The van der Waals surface area contributed by atoms with Crippen molar-refractivity contribution in [2.45, 2.75) is 6.92 Å². The van der Waals surface area contributed by atoms with E-state index in [0.29, 0.717) is 28.3 Å². The maximum Gasteiger partial charge on any atom is 0.259 e. The van der Waals surface area contributed by atoms with Gasteiger partial charge in [0, 0.05) is 11.4 Å². The molecule has 0 atom stereocenters. The molecule has 104 valence electrons. The van der Waals surface area contributed by atoms with Crippen LogP contribution in [0.4, 0.5) is 15.8 Å². The van der Waals surface area contributed by atoms with Gasteiger partial charge in [-0.15, -0.1) is 0 Å². The smallest absolute Gasteiger partial charge is 0.259 e. The Morgan fingerprint density at radius 1 is 1.25 bits per heavy atom. The first kappa shape index (κ1) is 13.9. The number of nitrogen functional groups attached to an aromatic ring is 1. The molecule has 0 unspecified atom stereocenters. The van der Waals surface area contributed by atoms with Crippen LogP contribution in [0.15, 0.2) is 36.4 Å². The second kappa shape index (κ2) is 5.61. The molecule has 0 spiro atoms. The molecule has 0 aliphatic heterocycles. The average Bonchev–Trinajstić information content (AvgIpc) is 2.41. The maximum atomic E-state index is 13.0. The Morgan fingerprint density at radius 3 is 2.65 bits per heavy atom. The molecule has 0 aromatic heterocycles. The van der Waals surface area contributed by atoms with Gasteiger partial charge in [-0.3, -0.25) is 4.79 Å². The third-order valence-corrected chi connectivity index (χ3v) is 2.90. The summed E-state index contributed by atoms with van der Waals surface area (Å²) in [5.41, 5.74) is 7.65. The number of amides is 1. The number of carbonyl (C=O) groups excluding carboxylic acids is 1. The Kier molecular flexibility index (Phi) is 3.89. The number of rotatable bonds is 3. The van der Waals surface area contributed by atoms with Gasteiger partial charge in [0.05, 0.1) is 12.7 Å². The zero-order valence-corrected chi connectivity index (χ0v) is 11.2. The van der Waals surface area contributed by atoms with E-state index in [4.69, 9.17) is 10.5 Å². The van der Waals surface area contributed by atoms with Crippen LogP contribution in [0.1, 0.15) is 15.9 Å². The van der Waals surface area contributed by atoms with Gasteiger partial charge in [0.15, 0.2) is 0 Å². The van der Waals surface area contributed by atoms with Gasteiger partial charge in [0.2, 0.25) is 0 Å². The van der Waals surface area contributed by atoms with Crippen LogP contribution in [-0.2, 0) is 0 Å². The highest BCUT2D eigenvalue weighted by atomic mass is 19.1. The lowest BCUT2D eigenvalue weighted by molar-refractivity contribution is 0.102. The molecule has 2 aromatic rings. The molecule has 20 heavy (non-hydrogen) atoms. The second-order valence-electron chi connectivity index (χ2n) is 4.37. The number of halogens is 1. The summed E-state index contributed by atoms with van der Waals surface area (Å²) in [5.74, 6) is -0.276. The van der Waals surface area contributed by atoms with Gasteiger partial charge in [-0.1, -0.05) is 0 Å². The number of carbonyl (C=O) groups is 1. The van der Waals surface area contributed by atoms with Crippen molar-refractivity contribution in [1.29, 1.82) is 0 Å². The molecule has 0 aliphatic rings. The van der Waals surface area contributed by atoms with Crippen LogP contribution in [0.5, 0.6) is 5.75 Å². The second-order valence-corrected chi connectivity index (χ2v) is 4.37. The topological polar surface area (TPSA) is 64.3 Å². The third-order valence-electron chi connectivity index (χ3n) is 2.90. The average molecular weight is 274 g/mol. The van der Waals surface area contributed by atoms with E-state index in [9.17, 15) is 9.18 Å². The van der Waals surface area contributed by atoms with Gasteiger partial charge >= 0.3 is 0 Å². The predicted octanol–water partition coefficient (Wildman–Crippen LogP) is 2.98. The van der Waals surface area contributed by atoms with Gasteiger partial charge < -0.3 is 15.8 Å². The molecule has 3 N–H and O–H groups in total. The zero-order valence-electron chi connectivity index (χ0n) is 11.2. The van der Waals surface area contributed by atoms with Crippen LogP contribution in [0.2, 0.25) is 0 Å². The van der Waals surface area contributed by atoms with E-state index in [0.717, 1.165) is 0 Å². The van der Waals surface area contributed by atoms with Crippen molar-refractivity contribution in [3.05, 3.63) is 53.3 Å². The predicted molar refractivity (Wildman–Crippen MR) is 76.5 cm³/mol. The summed E-state index contributed by atoms with van der Waals surface area (Å²) in [6, 6.07) is 8.97. The summed E-state index contributed by atoms with van der Waals surface area (Å²) in [5, 5.41) is 2.71. The fourth-order valence-corrected chi connectivity index (χ4v) is 1.86. The quantitative estimate of drug-likeness (QED) is 0.846. The molecule has 4 nitrogen and oxygen atoms in total. The van der Waals surface area contributed by atoms with Crippen LogP contribution < -0.4 is 15.8 Å². The molecular weight excluding hydrogens is 259 g/mol. The summed E-state index contributed by atoms with van der Waals surface area (Å²) in [6.07, 6.45) is 0. The summed E-state index contributed by atoms with van der Waals surface area (Å²) in [4.78, 5) is 12.2. The molecule has 0 saturated carbocycles. The highest BCUT2D eigenvalue weighted by Crippen LogP contribution is 2.23. The van der Waals surface area contributed by atoms with Crippen molar-refractivity contribution in [2.75, 3.05) is 18.2 Å². The van der Waals surface area contributed by atoms with Crippen LogP contribution in [0, 0.1) is 12.7 Å². The molecule has 0 heterocycles. The number of nitrogens with one attached hydrogen (secondary N) is 1. The number of hydrogen-bond donors (Lipinski definition) is 2. The first-order valence-corrected chi connectivity index (χ1v) is 6.02. The molecular formula is C15H15FN2O2. The first-order chi connectivity index (χ1) is 9.51. The van der Waals surface area contributed by atoms with E-state index in [1.54, 1.807) is 19.1 Å². The molecule has 2 aromatic carbocycles. The summed E-state index contributed by atoms with van der Waals surface area (Å²) < 4.78 is 18.2.